The minimum Gasteiger partial charge on any atom is -0.487 e. The van der Waals surface area contributed by atoms with Gasteiger partial charge in [-0.25, -0.2) is 4.79 Å². The minimum atomic E-state index is -1.40. The highest BCUT2D eigenvalue weighted by Gasteiger charge is 2.28. The average molecular weight is 373 g/mol. The lowest BCUT2D eigenvalue weighted by Crippen LogP contribution is -2.28. The van der Waals surface area contributed by atoms with E-state index in [1.54, 1.807) is 4.90 Å². The van der Waals surface area contributed by atoms with Crippen molar-refractivity contribution in [1.29, 1.82) is 0 Å². The van der Waals surface area contributed by atoms with Gasteiger partial charge in [0.1, 0.15) is 17.4 Å². The van der Waals surface area contributed by atoms with Crippen LogP contribution in [0.25, 0.3) is 0 Å². The number of carbonyl (C=O) groups excluding carboxylic acids is 1. The summed E-state index contributed by atoms with van der Waals surface area (Å²) in [6.45, 7) is 2.43. The summed E-state index contributed by atoms with van der Waals surface area (Å²) in [6.07, 6.45) is 0.342. The Balaban J connectivity index is 2.25. The number of likely N-dealkylation sites (tertiary alicyclic amines) is 1. The topological polar surface area (TPSA) is 110 Å². The summed E-state index contributed by atoms with van der Waals surface area (Å²) < 4.78 is 5.98. The lowest BCUT2D eigenvalue weighted by atomic mass is 10.1. The highest BCUT2D eigenvalue weighted by atomic mass is 79.9. The Kier molecular flexibility index (Phi) is 4.65. The summed E-state index contributed by atoms with van der Waals surface area (Å²) >= 11 is 3.15. The quantitative estimate of drug-likeness (QED) is 0.639. The molecule has 1 aromatic carbocycles. The predicted octanol–water partition coefficient (Wildman–Crippen LogP) is 2.06. The van der Waals surface area contributed by atoms with Crippen LogP contribution < -0.4 is 4.74 Å². The summed E-state index contributed by atoms with van der Waals surface area (Å²) in [5.41, 5.74) is -0.951. The van der Waals surface area contributed by atoms with E-state index in [0.29, 0.717) is 24.0 Å². The van der Waals surface area contributed by atoms with E-state index in [1.165, 1.54) is 6.92 Å². The average Bonchev–Trinajstić information content (AvgIpc) is 2.89. The van der Waals surface area contributed by atoms with Gasteiger partial charge in [-0.05, 0) is 15.9 Å². The zero-order valence-electron chi connectivity index (χ0n) is 11.6. The van der Waals surface area contributed by atoms with Crippen molar-refractivity contribution in [3.63, 3.8) is 0 Å². The van der Waals surface area contributed by atoms with Gasteiger partial charge in [0.25, 0.3) is 5.69 Å². The number of ether oxygens (including phenoxy) is 1. The van der Waals surface area contributed by atoms with Crippen LogP contribution in [0.4, 0.5) is 5.69 Å². The molecule has 1 aliphatic rings. The van der Waals surface area contributed by atoms with E-state index in [1.807, 2.05) is 0 Å². The summed E-state index contributed by atoms with van der Waals surface area (Å²) in [5, 5.41) is 20.0. The van der Waals surface area contributed by atoms with Gasteiger partial charge in [0.2, 0.25) is 5.91 Å². The van der Waals surface area contributed by atoms with Crippen LogP contribution >= 0.6 is 15.9 Å². The second kappa shape index (κ2) is 6.30. The molecule has 1 N–H and O–H groups in total. The molecular formula is C13H13BrN2O6. The predicted molar refractivity (Wildman–Crippen MR) is 79.0 cm³/mol. The second-order valence-electron chi connectivity index (χ2n) is 4.86. The molecule has 1 atom stereocenters. The number of carboxylic acid groups (broad SMARTS) is 1. The standard InChI is InChI=1S/C13H13BrN2O6/c1-7(17)15-3-2-8(6-15)22-12-4-9(13(18)19)11(16(20)21)5-10(12)14/h4-5,8H,2-3,6H2,1H3,(H,18,19)/t8-/m0/s1. The molecule has 2 rings (SSSR count). The number of hydrogen-bond donors (Lipinski definition) is 1. The molecule has 118 valence electrons. The van der Waals surface area contributed by atoms with Crippen LogP contribution in [-0.2, 0) is 4.79 Å². The van der Waals surface area contributed by atoms with E-state index in [9.17, 15) is 19.7 Å². The number of rotatable bonds is 4. The lowest BCUT2D eigenvalue weighted by molar-refractivity contribution is -0.385. The molecular weight excluding hydrogens is 360 g/mol. The number of carbonyl (C=O) groups is 2. The van der Waals surface area contributed by atoms with E-state index in [4.69, 9.17) is 9.84 Å². The number of nitrogens with zero attached hydrogens (tertiary/aromatic N) is 2. The minimum absolute atomic E-state index is 0.0555. The summed E-state index contributed by atoms with van der Waals surface area (Å²) in [7, 11) is 0. The molecule has 0 radical (unpaired) electrons. The van der Waals surface area contributed by atoms with Crippen LogP contribution in [0.15, 0.2) is 16.6 Å². The number of carboxylic acids is 1. The zero-order valence-corrected chi connectivity index (χ0v) is 13.2. The maximum atomic E-state index is 11.3. The van der Waals surface area contributed by atoms with Crippen molar-refractivity contribution in [2.45, 2.75) is 19.4 Å². The van der Waals surface area contributed by atoms with Gasteiger partial charge in [-0.3, -0.25) is 14.9 Å². The highest BCUT2D eigenvalue weighted by Crippen LogP contribution is 2.34. The molecule has 0 bridgehead atoms. The molecule has 0 aliphatic carbocycles. The first kappa shape index (κ1) is 16.2. The third kappa shape index (κ3) is 3.35. The van der Waals surface area contributed by atoms with Crippen molar-refractivity contribution in [3.8, 4) is 5.75 Å². The monoisotopic (exact) mass is 372 g/mol. The molecule has 1 fully saturated rings. The molecule has 0 saturated carbocycles. The fourth-order valence-electron chi connectivity index (χ4n) is 2.25. The first-order valence-corrected chi connectivity index (χ1v) is 7.22. The van der Waals surface area contributed by atoms with Crippen molar-refractivity contribution < 1.29 is 24.4 Å². The Morgan fingerprint density at radius 3 is 2.68 bits per heavy atom. The van der Waals surface area contributed by atoms with Crippen LogP contribution in [0.3, 0.4) is 0 Å². The molecule has 1 heterocycles. The molecule has 1 saturated heterocycles. The Bertz CT molecular complexity index is 648. The Labute approximate surface area is 133 Å². The third-order valence-corrected chi connectivity index (χ3v) is 3.98. The van der Waals surface area contributed by atoms with Crippen LogP contribution in [0.1, 0.15) is 23.7 Å². The lowest BCUT2D eigenvalue weighted by Gasteiger charge is -2.16. The van der Waals surface area contributed by atoms with E-state index in [0.717, 1.165) is 12.1 Å². The van der Waals surface area contributed by atoms with Gasteiger partial charge in [0, 0.05) is 32.0 Å². The van der Waals surface area contributed by atoms with Gasteiger partial charge in [-0.1, -0.05) is 0 Å². The van der Waals surface area contributed by atoms with Crippen LogP contribution in [0.5, 0.6) is 5.75 Å². The molecule has 1 aromatic rings. The number of amides is 1. The Hall–Kier alpha value is -2.16. The zero-order chi connectivity index (χ0) is 16.4. The number of benzene rings is 1. The number of aromatic carboxylic acids is 1. The van der Waals surface area contributed by atoms with Gasteiger partial charge in [-0.2, -0.15) is 0 Å². The van der Waals surface area contributed by atoms with E-state index < -0.39 is 22.1 Å². The van der Waals surface area contributed by atoms with E-state index in [2.05, 4.69) is 15.9 Å². The van der Waals surface area contributed by atoms with Gasteiger partial charge in [0.05, 0.1) is 15.9 Å². The molecule has 0 spiro atoms. The van der Waals surface area contributed by atoms with Crippen LogP contribution in [0, 0.1) is 10.1 Å². The van der Waals surface area contributed by atoms with E-state index in [-0.39, 0.29) is 17.8 Å². The number of nitro groups is 1. The molecule has 8 nitrogen and oxygen atoms in total. The maximum absolute atomic E-state index is 11.3. The van der Waals surface area contributed by atoms with E-state index >= 15 is 0 Å². The van der Waals surface area contributed by atoms with Gasteiger partial charge in [0.15, 0.2) is 0 Å². The van der Waals surface area contributed by atoms with Gasteiger partial charge < -0.3 is 14.7 Å². The smallest absolute Gasteiger partial charge is 0.342 e. The fraction of sp³-hybridized carbons (Fsp3) is 0.385. The van der Waals surface area contributed by atoms with Gasteiger partial charge >= 0.3 is 5.97 Å². The van der Waals surface area contributed by atoms with Crippen molar-refractivity contribution in [2.24, 2.45) is 0 Å². The van der Waals surface area contributed by atoms with Crippen molar-refractivity contribution in [2.75, 3.05) is 13.1 Å². The third-order valence-electron chi connectivity index (χ3n) is 3.36. The van der Waals surface area contributed by atoms with Crippen molar-refractivity contribution in [3.05, 3.63) is 32.3 Å². The van der Waals surface area contributed by atoms with Crippen molar-refractivity contribution >= 4 is 33.5 Å². The van der Waals surface area contributed by atoms with Crippen LogP contribution in [-0.4, -0.2) is 46.0 Å². The molecule has 9 heteroatoms. The molecule has 0 unspecified atom stereocenters. The maximum Gasteiger partial charge on any atom is 0.342 e. The first-order chi connectivity index (χ1) is 10.3. The summed E-state index contributed by atoms with van der Waals surface area (Å²) in [5.74, 6) is -1.25. The number of nitro benzene ring substituents is 1. The SMILES string of the molecule is CC(=O)N1CC[C@H](Oc2cc(C(=O)O)c([N+](=O)[O-])cc2Br)C1. The second-order valence-corrected chi connectivity index (χ2v) is 5.71. The largest absolute Gasteiger partial charge is 0.487 e. The fourth-order valence-corrected chi connectivity index (χ4v) is 2.67. The molecule has 0 aromatic heterocycles. The number of halogens is 1. The summed E-state index contributed by atoms with van der Waals surface area (Å²) in [6, 6.07) is 2.23. The van der Waals surface area contributed by atoms with Gasteiger partial charge in [-0.15, -0.1) is 0 Å². The highest BCUT2D eigenvalue weighted by molar-refractivity contribution is 9.10. The number of hydrogen-bond acceptors (Lipinski definition) is 5. The van der Waals surface area contributed by atoms with Crippen molar-refractivity contribution in [1.82, 2.24) is 4.90 Å². The molecule has 1 amide bonds. The summed E-state index contributed by atoms with van der Waals surface area (Å²) in [4.78, 5) is 34.2. The molecule has 22 heavy (non-hydrogen) atoms. The first-order valence-electron chi connectivity index (χ1n) is 6.43. The van der Waals surface area contributed by atoms with Crippen LogP contribution in [0.2, 0.25) is 0 Å². The normalized spacial score (nSPS) is 17.4. The Morgan fingerprint density at radius 1 is 1.50 bits per heavy atom. The molecule has 1 aliphatic heterocycles. The Morgan fingerprint density at radius 2 is 2.18 bits per heavy atom.